The van der Waals surface area contributed by atoms with Gasteiger partial charge in [0.15, 0.2) is 8.32 Å². The molecule has 0 fully saturated rings. The molecule has 30 heavy (non-hydrogen) atoms. The van der Waals surface area contributed by atoms with Crippen LogP contribution in [0.15, 0.2) is 24.3 Å². The molecule has 1 aromatic carbocycles. The molecule has 5 heteroatoms. The first kappa shape index (κ1) is 27.5. The van der Waals surface area contributed by atoms with Crippen LogP contribution in [0.1, 0.15) is 53.5 Å². The molecule has 0 heterocycles. The molecule has 0 unspecified atom stereocenters. The highest BCUT2D eigenvalue weighted by molar-refractivity contribution is 14.1. The summed E-state index contributed by atoms with van der Waals surface area (Å²) >= 11 is 2.46. The van der Waals surface area contributed by atoms with Crippen LogP contribution in [-0.4, -0.2) is 32.1 Å². The number of methoxy groups -OCH3 is 1. The van der Waals surface area contributed by atoms with Gasteiger partial charge in [-0.05, 0) is 48.7 Å². The summed E-state index contributed by atoms with van der Waals surface area (Å²) in [5.41, 5.74) is 1.16. The SMILES string of the molecule is CC#CC[C@H](O[Si](C)(C)C(C)(C)C)[C@H](C)[C@H](OCc1ccc(OC)cc1)[C@H](C)CI. The first-order chi connectivity index (χ1) is 14.0. The van der Waals surface area contributed by atoms with Gasteiger partial charge in [0.1, 0.15) is 5.75 Å². The van der Waals surface area contributed by atoms with Crippen LogP contribution in [0.25, 0.3) is 0 Å². The second-order valence-corrected chi connectivity index (χ2v) is 15.3. The van der Waals surface area contributed by atoms with Gasteiger partial charge in [-0.15, -0.1) is 11.8 Å². The Bertz CT molecular complexity index is 685. The van der Waals surface area contributed by atoms with E-state index in [4.69, 9.17) is 13.9 Å². The van der Waals surface area contributed by atoms with E-state index in [1.54, 1.807) is 7.11 Å². The molecule has 0 spiro atoms. The van der Waals surface area contributed by atoms with Crippen molar-refractivity contribution in [3.05, 3.63) is 29.8 Å². The lowest BCUT2D eigenvalue weighted by molar-refractivity contribution is -0.0553. The first-order valence-corrected chi connectivity index (χ1v) is 15.3. The van der Waals surface area contributed by atoms with Gasteiger partial charge in [0, 0.05) is 16.8 Å². The molecule has 0 amide bonds. The van der Waals surface area contributed by atoms with Crippen molar-refractivity contribution < 1.29 is 13.9 Å². The summed E-state index contributed by atoms with van der Waals surface area (Å²) in [7, 11) is -0.221. The fourth-order valence-corrected chi connectivity index (χ4v) is 5.05. The highest BCUT2D eigenvalue weighted by Crippen LogP contribution is 2.39. The van der Waals surface area contributed by atoms with Crippen LogP contribution in [0.4, 0.5) is 0 Å². The smallest absolute Gasteiger partial charge is 0.192 e. The Labute approximate surface area is 199 Å². The molecule has 0 bridgehead atoms. The van der Waals surface area contributed by atoms with E-state index in [1.807, 2.05) is 19.1 Å². The van der Waals surface area contributed by atoms with Crippen molar-refractivity contribution in [2.24, 2.45) is 11.8 Å². The Balaban J connectivity index is 3.03. The minimum Gasteiger partial charge on any atom is -0.497 e. The Morgan fingerprint density at radius 3 is 2.17 bits per heavy atom. The largest absolute Gasteiger partial charge is 0.497 e. The second-order valence-electron chi connectivity index (χ2n) is 9.66. The van der Waals surface area contributed by atoms with E-state index in [-0.39, 0.29) is 23.2 Å². The van der Waals surface area contributed by atoms with E-state index >= 15 is 0 Å². The molecular weight excluding hydrogens is 503 g/mol. The minimum atomic E-state index is -1.91. The van der Waals surface area contributed by atoms with Gasteiger partial charge >= 0.3 is 0 Å². The number of benzene rings is 1. The molecule has 0 aromatic heterocycles. The maximum Gasteiger partial charge on any atom is 0.192 e. The van der Waals surface area contributed by atoms with Crippen LogP contribution >= 0.6 is 22.6 Å². The molecule has 0 saturated carbocycles. The van der Waals surface area contributed by atoms with Gasteiger partial charge in [-0.25, -0.2) is 0 Å². The summed E-state index contributed by atoms with van der Waals surface area (Å²) in [6, 6.07) is 8.11. The van der Waals surface area contributed by atoms with E-state index in [2.05, 4.69) is 94.3 Å². The molecule has 3 nitrogen and oxygen atoms in total. The zero-order valence-corrected chi connectivity index (χ0v) is 23.5. The van der Waals surface area contributed by atoms with Gasteiger partial charge < -0.3 is 13.9 Å². The molecule has 170 valence electrons. The van der Waals surface area contributed by atoms with Crippen molar-refractivity contribution in [1.82, 2.24) is 0 Å². The van der Waals surface area contributed by atoms with Crippen molar-refractivity contribution in [2.75, 3.05) is 11.5 Å². The van der Waals surface area contributed by atoms with E-state index in [9.17, 15) is 0 Å². The molecule has 1 rings (SSSR count). The van der Waals surface area contributed by atoms with E-state index < -0.39 is 8.32 Å². The van der Waals surface area contributed by atoms with Gasteiger partial charge in [0.25, 0.3) is 0 Å². The molecule has 4 atom stereocenters. The fraction of sp³-hybridized carbons (Fsp3) is 0.680. The summed E-state index contributed by atoms with van der Waals surface area (Å²) in [5, 5.41) is 0.166. The van der Waals surface area contributed by atoms with Crippen molar-refractivity contribution >= 4 is 30.9 Å². The van der Waals surface area contributed by atoms with Crippen molar-refractivity contribution in [3.63, 3.8) is 0 Å². The zero-order chi connectivity index (χ0) is 22.9. The zero-order valence-electron chi connectivity index (χ0n) is 20.3. The standard InChI is InChI=1S/C25H41IO3Si/c1-10-11-12-23(29-30(8,9)25(4,5)6)20(3)24(19(2)17-26)28-18-21-13-15-22(27-7)16-14-21/h13-16,19-20,23-24H,12,17-18H2,1-9H3/t19-,20+,23+,24-/m1/s1. The van der Waals surface area contributed by atoms with Gasteiger partial charge in [-0.3, -0.25) is 0 Å². The Morgan fingerprint density at radius 2 is 1.70 bits per heavy atom. The molecule has 0 radical (unpaired) electrons. The summed E-state index contributed by atoms with van der Waals surface area (Å²) < 4.78 is 19.7. The monoisotopic (exact) mass is 544 g/mol. The van der Waals surface area contributed by atoms with Gasteiger partial charge in [0.2, 0.25) is 0 Å². The number of hydrogen-bond acceptors (Lipinski definition) is 3. The third kappa shape index (κ3) is 8.18. The van der Waals surface area contributed by atoms with Gasteiger partial charge in [-0.1, -0.05) is 69.3 Å². The Kier molecular flexibility index (Phi) is 11.4. The van der Waals surface area contributed by atoms with Crippen LogP contribution < -0.4 is 4.74 Å². The third-order valence-electron chi connectivity index (χ3n) is 6.24. The topological polar surface area (TPSA) is 27.7 Å². The molecule has 1 aromatic rings. The van der Waals surface area contributed by atoms with E-state index in [0.717, 1.165) is 22.2 Å². The van der Waals surface area contributed by atoms with Gasteiger partial charge in [-0.2, -0.15) is 0 Å². The van der Waals surface area contributed by atoms with Crippen LogP contribution in [0.2, 0.25) is 18.1 Å². The van der Waals surface area contributed by atoms with E-state index in [1.165, 1.54) is 0 Å². The minimum absolute atomic E-state index is 0.0737. The maximum absolute atomic E-state index is 6.86. The molecule has 0 aliphatic heterocycles. The van der Waals surface area contributed by atoms with Crippen molar-refractivity contribution in [2.45, 2.75) is 84.9 Å². The second kappa shape index (κ2) is 12.5. The lowest BCUT2D eigenvalue weighted by atomic mass is 9.89. The predicted octanol–water partition coefficient (Wildman–Crippen LogP) is 7.09. The number of alkyl halides is 1. The number of halogens is 1. The van der Waals surface area contributed by atoms with E-state index in [0.29, 0.717) is 12.5 Å². The summed E-state index contributed by atoms with van der Waals surface area (Å²) in [6.45, 7) is 18.5. The predicted molar refractivity (Wildman–Crippen MR) is 139 cm³/mol. The summed E-state index contributed by atoms with van der Waals surface area (Å²) in [4.78, 5) is 0. The molecular formula is C25H41IO3Si. The average molecular weight is 545 g/mol. The summed E-state index contributed by atoms with van der Waals surface area (Å²) in [6.07, 6.45) is 0.933. The molecule has 0 N–H and O–H groups in total. The maximum atomic E-state index is 6.86. The number of ether oxygens (including phenoxy) is 2. The van der Waals surface area contributed by atoms with Gasteiger partial charge in [0.05, 0.1) is 25.9 Å². The normalized spacial score (nSPS) is 16.2. The van der Waals surface area contributed by atoms with Crippen molar-refractivity contribution in [3.8, 4) is 17.6 Å². The highest BCUT2D eigenvalue weighted by Gasteiger charge is 2.41. The molecule has 0 aliphatic carbocycles. The van der Waals surface area contributed by atoms with Crippen LogP contribution in [0.5, 0.6) is 5.75 Å². The lowest BCUT2D eigenvalue weighted by Gasteiger charge is -2.42. The molecule has 0 saturated heterocycles. The Morgan fingerprint density at radius 1 is 1.10 bits per heavy atom. The van der Waals surface area contributed by atoms with Crippen LogP contribution in [0.3, 0.4) is 0 Å². The quantitative estimate of drug-likeness (QED) is 0.129. The number of hydrogen-bond donors (Lipinski definition) is 0. The average Bonchev–Trinajstić information content (AvgIpc) is 2.70. The van der Waals surface area contributed by atoms with Crippen LogP contribution in [0, 0.1) is 23.7 Å². The lowest BCUT2D eigenvalue weighted by Crippen LogP contribution is -2.48. The van der Waals surface area contributed by atoms with Crippen molar-refractivity contribution in [1.29, 1.82) is 0 Å². The Hall–Kier alpha value is -0.553. The summed E-state index contributed by atoms with van der Waals surface area (Å²) in [5.74, 6) is 7.89. The third-order valence-corrected chi connectivity index (χ3v) is 12.1. The molecule has 0 aliphatic rings. The van der Waals surface area contributed by atoms with Crippen LogP contribution in [-0.2, 0) is 15.8 Å². The first-order valence-electron chi connectivity index (χ1n) is 10.8. The fourth-order valence-electron chi connectivity index (χ4n) is 3.14. The highest BCUT2D eigenvalue weighted by atomic mass is 127. The number of rotatable bonds is 11.